The second-order valence-corrected chi connectivity index (χ2v) is 4.48. The van der Waals surface area contributed by atoms with E-state index < -0.39 is 0 Å². The molecule has 0 atom stereocenters. The second-order valence-electron chi connectivity index (χ2n) is 4.48. The van der Waals surface area contributed by atoms with Crippen LogP contribution in [0.25, 0.3) is 0 Å². The summed E-state index contributed by atoms with van der Waals surface area (Å²) in [6.45, 7) is 2.08. The average Bonchev–Trinajstić information content (AvgIpc) is 2.98. The third-order valence-corrected chi connectivity index (χ3v) is 3.16. The van der Waals surface area contributed by atoms with Crippen LogP contribution >= 0.6 is 0 Å². The van der Waals surface area contributed by atoms with Crippen LogP contribution in [0, 0.1) is 0 Å². The molecule has 2 rings (SSSR count). The van der Waals surface area contributed by atoms with Crippen molar-refractivity contribution in [3.8, 4) is 0 Å². The monoisotopic (exact) mass is 255 g/mol. The molecule has 98 valence electrons. The molecule has 1 heterocycles. The van der Waals surface area contributed by atoms with Crippen molar-refractivity contribution in [3.63, 3.8) is 0 Å². The Bertz CT molecular complexity index is 553. The van der Waals surface area contributed by atoms with Crippen LogP contribution in [0.3, 0.4) is 0 Å². The fourth-order valence-electron chi connectivity index (χ4n) is 1.94. The van der Waals surface area contributed by atoms with Crippen molar-refractivity contribution in [2.24, 2.45) is 0 Å². The van der Waals surface area contributed by atoms with Gasteiger partial charge in [-0.2, -0.15) is 0 Å². The number of Topliss-reactive ketones (excluding diaryl/α,β-unsaturated/α-hetero) is 2. The minimum absolute atomic E-state index is 0.0163. The maximum absolute atomic E-state index is 12.0. The van der Waals surface area contributed by atoms with E-state index in [1.807, 2.05) is 24.3 Å². The highest BCUT2D eigenvalue weighted by Gasteiger charge is 2.11. The molecule has 2 aromatic rings. The number of nitrogens with one attached hydrogen (secondary N) is 1. The first kappa shape index (κ1) is 13.3. The van der Waals surface area contributed by atoms with Gasteiger partial charge in [0.1, 0.15) is 0 Å². The van der Waals surface area contributed by atoms with Crippen LogP contribution < -0.4 is 0 Å². The number of hydrogen-bond acceptors (Lipinski definition) is 2. The van der Waals surface area contributed by atoms with Crippen molar-refractivity contribution in [1.29, 1.82) is 0 Å². The zero-order valence-corrected chi connectivity index (χ0v) is 11.0. The highest BCUT2D eigenvalue weighted by Crippen LogP contribution is 2.10. The standard InChI is InChI=1S/C16H17NO2/c1-2-12-5-7-13(8-6-12)15(18)9-10-16(19)14-4-3-11-17-14/h3-8,11,17H,2,9-10H2,1H3. The molecule has 0 aliphatic carbocycles. The number of aromatic nitrogens is 1. The minimum Gasteiger partial charge on any atom is -0.359 e. The Morgan fingerprint density at radius 2 is 1.68 bits per heavy atom. The largest absolute Gasteiger partial charge is 0.359 e. The Balaban J connectivity index is 1.92. The normalized spacial score (nSPS) is 10.4. The summed E-state index contributed by atoms with van der Waals surface area (Å²) in [5, 5.41) is 0. The summed E-state index contributed by atoms with van der Waals surface area (Å²) in [6, 6.07) is 11.1. The van der Waals surface area contributed by atoms with Gasteiger partial charge in [-0.1, -0.05) is 31.2 Å². The molecule has 1 aromatic carbocycles. The highest BCUT2D eigenvalue weighted by molar-refractivity contribution is 6.01. The molecule has 0 spiro atoms. The van der Waals surface area contributed by atoms with E-state index in [-0.39, 0.29) is 24.4 Å². The van der Waals surface area contributed by atoms with Gasteiger partial charge < -0.3 is 4.98 Å². The summed E-state index contributed by atoms with van der Waals surface area (Å²) in [7, 11) is 0. The zero-order valence-electron chi connectivity index (χ0n) is 11.0. The van der Waals surface area contributed by atoms with Crippen molar-refractivity contribution >= 4 is 11.6 Å². The minimum atomic E-state index is -0.0245. The lowest BCUT2D eigenvalue weighted by Gasteiger charge is -2.02. The number of hydrogen-bond donors (Lipinski definition) is 1. The Hall–Kier alpha value is -2.16. The number of benzene rings is 1. The number of carbonyl (C=O) groups excluding carboxylic acids is 2. The van der Waals surface area contributed by atoms with Gasteiger partial charge in [0.05, 0.1) is 5.69 Å². The van der Waals surface area contributed by atoms with Gasteiger partial charge in [-0.15, -0.1) is 0 Å². The number of H-pyrrole nitrogens is 1. The molecule has 0 unspecified atom stereocenters. The molecule has 1 N–H and O–H groups in total. The van der Waals surface area contributed by atoms with E-state index in [2.05, 4.69) is 11.9 Å². The van der Waals surface area contributed by atoms with E-state index >= 15 is 0 Å². The number of aromatic amines is 1. The first-order valence-corrected chi connectivity index (χ1v) is 6.49. The van der Waals surface area contributed by atoms with Gasteiger partial charge in [-0.3, -0.25) is 9.59 Å². The molecule has 0 aliphatic heterocycles. The van der Waals surface area contributed by atoms with Crippen LogP contribution in [0.1, 0.15) is 46.2 Å². The molecule has 0 bridgehead atoms. The smallest absolute Gasteiger partial charge is 0.179 e. The third-order valence-electron chi connectivity index (χ3n) is 3.16. The molecular formula is C16H17NO2. The van der Waals surface area contributed by atoms with Crippen LogP contribution in [0.15, 0.2) is 42.6 Å². The van der Waals surface area contributed by atoms with Crippen molar-refractivity contribution in [1.82, 2.24) is 4.98 Å². The molecule has 0 amide bonds. The van der Waals surface area contributed by atoms with Gasteiger partial charge in [0.25, 0.3) is 0 Å². The molecule has 0 saturated heterocycles. The Morgan fingerprint density at radius 3 is 2.26 bits per heavy atom. The molecule has 0 radical (unpaired) electrons. The van der Waals surface area contributed by atoms with Crippen LogP contribution in [0.5, 0.6) is 0 Å². The predicted molar refractivity (Wildman–Crippen MR) is 74.5 cm³/mol. The molecule has 1 aromatic heterocycles. The number of ketones is 2. The van der Waals surface area contributed by atoms with E-state index in [1.54, 1.807) is 18.3 Å². The first-order valence-electron chi connectivity index (χ1n) is 6.49. The predicted octanol–water partition coefficient (Wildman–Crippen LogP) is 3.42. The molecule has 0 saturated carbocycles. The van der Waals surface area contributed by atoms with Crippen molar-refractivity contribution in [2.75, 3.05) is 0 Å². The molecular weight excluding hydrogens is 238 g/mol. The lowest BCUT2D eigenvalue weighted by molar-refractivity contribution is 0.0915. The topological polar surface area (TPSA) is 49.9 Å². The van der Waals surface area contributed by atoms with Gasteiger partial charge in [0, 0.05) is 24.6 Å². The van der Waals surface area contributed by atoms with Gasteiger partial charge in [-0.25, -0.2) is 0 Å². The lowest BCUT2D eigenvalue weighted by atomic mass is 10.0. The Labute approximate surface area is 112 Å². The maximum atomic E-state index is 12.0. The number of carbonyl (C=O) groups is 2. The summed E-state index contributed by atoms with van der Waals surface area (Å²) < 4.78 is 0. The number of aryl methyl sites for hydroxylation is 1. The molecule has 19 heavy (non-hydrogen) atoms. The van der Waals surface area contributed by atoms with Crippen LogP contribution in [-0.2, 0) is 6.42 Å². The second kappa shape index (κ2) is 6.14. The van der Waals surface area contributed by atoms with Crippen molar-refractivity contribution < 1.29 is 9.59 Å². The molecule has 0 fully saturated rings. The van der Waals surface area contributed by atoms with E-state index in [9.17, 15) is 9.59 Å². The van der Waals surface area contributed by atoms with Gasteiger partial charge in [-0.05, 0) is 24.1 Å². The Morgan fingerprint density at radius 1 is 1.00 bits per heavy atom. The fourth-order valence-corrected chi connectivity index (χ4v) is 1.94. The average molecular weight is 255 g/mol. The first-order chi connectivity index (χ1) is 9.20. The fraction of sp³-hybridized carbons (Fsp3) is 0.250. The highest BCUT2D eigenvalue weighted by atomic mass is 16.1. The van der Waals surface area contributed by atoms with Gasteiger partial charge >= 0.3 is 0 Å². The summed E-state index contributed by atoms with van der Waals surface area (Å²) in [5.74, 6) is -0.00825. The zero-order chi connectivity index (χ0) is 13.7. The number of rotatable bonds is 6. The van der Waals surface area contributed by atoms with Crippen LogP contribution in [0.4, 0.5) is 0 Å². The Kier molecular flexibility index (Phi) is 4.29. The molecule has 0 aliphatic rings. The van der Waals surface area contributed by atoms with Gasteiger partial charge in [0.15, 0.2) is 11.6 Å². The maximum Gasteiger partial charge on any atom is 0.179 e. The summed E-state index contributed by atoms with van der Waals surface area (Å²) in [6.07, 6.45) is 3.16. The van der Waals surface area contributed by atoms with Gasteiger partial charge in [0.2, 0.25) is 0 Å². The molecule has 3 nitrogen and oxygen atoms in total. The SMILES string of the molecule is CCc1ccc(C(=O)CCC(=O)c2ccc[nH]2)cc1. The van der Waals surface area contributed by atoms with Crippen LogP contribution in [0.2, 0.25) is 0 Å². The van der Waals surface area contributed by atoms with Crippen molar-refractivity contribution in [3.05, 3.63) is 59.4 Å². The van der Waals surface area contributed by atoms with Crippen LogP contribution in [-0.4, -0.2) is 16.6 Å². The summed E-state index contributed by atoms with van der Waals surface area (Å²) in [5.41, 5.74) is 2.45. The van der Waals surface area contributed by atoms with E-state index in [1.165, 1.54) is 5.56 Å². The van der Waals surface area contributed by atoms with Crippen molar-refractivity contribution in [2.45, 2.75) is 26.2 Å². The quantitative estimate of drug-likeness (QED) is 0.804. The summed E-state index contributed by atoms with van der Waals surface area (Å²) in [4.78, 5) is 26.6. The van der Waals surface area contributed by atoms with E-state index in [0.717, 1.165) is 6.42 Å². The third kappa shape index (κ3) is 3.41. The summed E-state index contributed by atoms with van der Waals surface area (Å²) >= 11 is 0. The van der Waals surface area contributed by atoms with E-state index in [0.29, 0.717) is 11.3 Å². The molecule has 3 heteroatoms. The lowest BCUT2D eigenvalue weighted by Crippen LogP contribution is -2.05. The van der Waals surface area contributed by atoms with E-state index in [4.69, 9.17) is 0 Å².